The van der Waals surface area contributed by atoms with Crippen LogP contribution in [0, 0.1) is 34.6 Å². The molecule has 0 aliphatic heterocycles. The lowest BCUT2D eigenvalue weighted by Gasteiger charge is -2.18. The Morgan fingerprint density at radius 2 is 1.05 bits per heavy atom. The number of ether oxygens (including phenoxy) is 5. The molecule has 10 nitrogen and oxygen atoms in total. The molecule has 4 aromatic rings. The van der Waals surface area contributed by atoms with Gasteiger partial charge in [0.2, 0.25) is 0 Å². The highest BCUT2D eigenvalue weighted by atomic mass is 16.6. The fourth-order valence-corrected chi connectivity index (χ4v) is 6.62. The van der Waals surface area contributed by atoms with Gasteiger partial charge in [-0.1, -0.05) is 81.8 Å². The Kier molecular flexibility index (Phi) is 20.3. The number of carbonyl (C=O) groups is 2. The van der Waals surface area contributed by atoms with Crippen molar-refractivity contribution in [1.82, 2.24) is 10.6 Å². The van der Waals surface area contributed by atoms with E-state index in [0.29, 0.717) is 68.7 Å². The second-order valence-corrected chi connectivity index (χ2v) is 15.1. The van der Waals surface area contributed by atoms with Crippen LogP contribution >= 0.6 is 0 Å². The van der Waals surface area contributed by atoms with Crippen LogP contribution in [0.1, 0.15) is 118 Å². The minimum atomic E-state index is -0.344. The normalized spacial score (nSPS) is 11.6. The fourth-order valence-electron chi connectivity index (χ4n) is 6.62. The van der Waals surface area contributed by atoms with E-state index < -0.39 is 0 Å². The second kappa shape index (κ2) is 25.6. The molecular formula is C49H67N3O7. The first-order valence-electron chi connectivity index (χ1n) is 21.3. The summed E-state index contributed by atoms with van der Waals surface area (Å²) < 4.78 is 29.9. The van der Waals surface area contributed by atoms with Crippen molar-refractivity contribution in [3.8, 4) is 17.2 Å². The van der Waals surface area contributed by atoms with E-state index in [-0.39, 0.29) is 31.1 Å². The summed E-state index contributed by atoms with van der Waals surface area (Å²) in [6.07, 6.45) is 8.56. The maximum absolute atomic E-state index is 13.0. The quantitative estimate of drug-likeness (QED) is 0.0509. The third-order valence-corrected chi connectivity index (χ3v) is 10.6. The Morgan fingerprint density at radius 1 is 0.525 bits per heavy atom. The van der Waals surface area contributed by atoms with Crippen LogP contribution in [0.2, 0.25) is 0 Å². The molecule has 0 spiro atoms. The Bertz CT molecular complexity index is 1880. The maximum atomic E-state index is 13.0. The van der Waals surface area contributed by atoms with E-state index in [4.69, 9.17) is 29.4 Å². The molecule has 1 unspecified atom stereocenters. The topological polar surface area (TPSA) is 130 Å². The molecule has 1 atom stereocenters. The van der Waals surface area contributed by atoms with E-state index in [0.717, 1.165) is 52.0 Å². The van der Waals surface area contributed by atoms with Crippen LogP contribution < -0.4 is 30.6 Å². The number of nitrogens with two attached hydrogens (primary N) is 1. The summed E-state index contributed by atoms with van der Waals surface area (Å²) in [6.45, 7) is 15.6. The van der Waals surface area contributed by atoms with Crippen LogP contribution in [-0.4, -0.2) is 71.2 Å². The molecule has 0 aromatic heterocycles. The number of hydrogen-bond donors (Lipinski definition) is 3. The van der Waals surface area contributed by atoms with Crippen molar-refractivity contribution >= 4 is 11.8 Å². The van der Waals surface area contributed by atoms with Crippen LogP contribution in [0.25, 0.3) is 0 Å². The van der Waals surface area contributed by atoms with Crippen LogP contribution in [-0.2, 0) is 9.47 Å². The number of benzene rings is 4. The molecule has 0 fully saturated rings. The number of unbranched alkanes of at least 4 members (excludes halogenated alkanes) is 6. The van der Waals surface area contributed by atoms with E-state index in [2.05, 4.69) is 24.5 Å². The Labute approximate surface area is 352 Å². The highest BCUT2D eigenvalue weighted by Gasteiger charge is 2.15. The molecule has 0 saturated heterocycles. The van der Waals surface area contributed by atoms with Gasteiger partial charge in [-0.25, -0.2) is 0 Å². The summed E-state index contributed by atoms with van der Waals surface area (Å²) in [5.41, 5.74) is 15.2. The van der Waals surface area contributed by atoms with Gasteiger partial charge < -0.3 is 40.1 Å². The van der Waals surface area contributed by atoms with E-state index in [9.17, 15) is 9.59 Å². The van der Waals surface area contributed by atoms with Crippen LogP contribution in [0.3, 0.4) is 0 Å². The average Bonchev–Trinajstić information content (AvgIpc) is 3.24. The smallest absolute Gasteiger partial charge is 0.251 e. The maximum Gasteiger partial charge on any atom is 0.251 e. The number of carbonyl (C=O) groups excluding carboxylic acids is 2. The number of rotatable bonds is 27. The van der Waals surface area contributed by atoms with Crippen molar-refractivity contribution < 1.29 is 33.3 Å². The van der Waals surface area contributed by atoms with Gasteiger partial charge in [0.1, 0.15) is 19.0 Å². The van der Waals surface area contributed by atoms with Crippen molar-refractivity contribution in [3.63, 3.8) is 0 Å². The molecule has 4 rings (SSSR count). The fraction of sp³-hybridized carbons (Fsp3) is 0.469. The molecule has 0 radical (unpaired) electrons. The molecule has 0 aliphatic rings. The second-order valence-electron chi connectivity index (χ2n) is 15.1. The van der Waals surface area contributed by atoms with Crippen LogP contribution in [0.4, 0.5) is 0 Å². The average molecular weight is 810 g/mol. The highest BCUT2D eigenvalue weighted by molar-refractivity contribution is 5.95. The van der Waals surface area contributed by atoms with Crippen molar-refractivity contribution in [1.29, 1.82) is 0 Å². The number of nitrogens with one attached hydrogen (secondary N) is 2. The van der Waals surface area contributed by atoms with Crippen molar-refractivity contribution in [2.24, 2.45) is 5.73 Å². The van der Waals surface area contributed by atoms with Gasteiger partial charge >= 0.3 is 0 Å². The van der Waals surface area contributed by atoms with E-state index in [1.807, 2.05) is 100 Å². The summed E-state index contributed by atoms with van der Waals surface area (Å²) in [4.78, 5) is 25.7. The zero-order valence-electron chi connectivity index (χ0n) is 36.3. The lowest BCUT2D eigenvalue weighted by atomic mass is 9.99. The summed E-state index contributed by atoms with van der Waals surface area (Å²) >= 11 is 0. The summed E-state index contributed by atoms with van der Waals surface area (Å²) in [5, 5.41) is 5.88. The first kappa shape index (κ1) is 46.8. The lowest BCUT2D eigenvalue weighted by molar-refractivity contribution is 0.0828. The SMILES string of the molecule is CCCCCCCCCOc1cc(C(=O)NCCOCCOc2cc(C(N)c3ccccc3)ccc2OCCOCCNC(=O)c2cc(C)c(C)c(C)c2)cc(C)c1C. The van der Waals surface area contributed by atoms with Gasteiger partial charge in [-0.2, -0.15) is 0 Å². The van der Waals surface area contributed by atoms with E-state index in [1.54, 1.807) is 0 Å². The van der Waals surface area contributed by atoms with Crippen molar-refractivity contribution in [2.75, 3.05) is 59.3 Å². The number of amides is 2. The summed E-state index contributed by atoms with van der Waals surface area (Å²) in [6, 6.07) is 22.8. The lowest BCUT2D eigenvalue weighted by Crippen LogP contribution is -2.28. The zero-order chi connectivity index (χ0) is 42.4. The predicted octanol–water partition coefficient (Wildman–Crippen LogP) is 9.06. The molecule has 0 aliphatic carbocycles. The first-order valence-corrected chi connectivity index (χ1v) is 21.3. The minimum Gasteiger partial charge on any atom is -0.493 e. The molecule has 0 heterocycles. The molecule has 4 N–H and O–H groups in total. The Morgan fingerprint density at radius 3 is 1.66 bits per heavy atom. The Balaban J connectivity index is 1.20. The molecule has 59 heavy (non-hydrogen) atoms. The van der Waals surface area contributed by atoms with Crippen LogP contribution in [0.15, 0.2) is 72.8 Å². The van der Waals surface area contributed by atoms with Gasteiger partial charge in [0.25, 0.3) is 11.8 Å². The Hall–Kier alpha value is -4.90. The van der Waals surface area contributed by atoms with Gasteiger partial charge in [-0.15, -0.1) is 0 Å². The molecule has 2 amide bonds. The minimum absolute atomic E-state index is 0.119. The third kappa shape index (κ3) is 15.7. The monoisotopic (exact) mass is 809 g/mol. The molecular weight excluding hydrogens is 743 g/mol. The molecule has 4 aromatic carbocycles. The summed E-state index contributed by atoms with van der Waals surface area (Å²) in [7, 11) is 0. The number of aryl methyl sites for hydroxylation is 3. The molecule has 0 saturated carbocycles. The zero-order valence-corrected chi connectivity index (χ0v) is 36.3. The third-order valence-electron chi connectivity index (χ3n) is 10.6. The van der Waals surface area contributed by atoms with Gasteiger partial charge in [0, 0.05) is 24.2 Å². The molecule has 320 valence electrons. The standard InChI is InChI=1S/C49H67N3O7/c1-7-8-9-10-11-12-16-23-57-45-34-43(32-37(4)39(45)6)49(54)52-22-25-56-27-29-59-46-33-41(47(50)40-17-14-13-15-18-40)19-20-44(46)58-28-26-55-24-21-51-48(53)42-30-35(2)38(5)36(3)31-42/h13-15,17-20,30-34,47H,7-12,16,21-29,50H2,1-6H3,(H,51,53)(H,52,54). The van der Waals surface area contributed by atoms with Gasteiger partial charge in [0.15, 0.2) is 11.5 Å². The van der Waals surface area contributed by atoms with Gasteiger partial charge in [-0.3, -0.25) is 9.59 Å². The predicted molar refractivity (Wildman–Crippen MR) is 236 cm³/mol. The molecule has 10 heteroatoms. The van der Waals surface area contributed by atoms with Crippen LogP contribution in [0.5, 0.6) is 17.2 Å². The van der Waals surface area contributed by atoms with Gasteiger partial charge in [-0.05, 0) is 116 Å². The molecule has 0 bridgehead atoms. The van der Waals surface area contributed by atoms with E-state index in [1.165, 1.54) is 37.7 Å². The summed E-state index contributed by atoms with van der Waals surface area (Å²) in [5.74, 6) is 1.59. The largest absolute Gasteiger partial charge is 0.493 e. The highest BCUT2D eigenvalue weighted by Crippen LogP contribution is 2.32. The first-order chi connectivity index (χ1) is 28.6. The van der Waals surface area contributed by atoms with E-state index >= 15 is 0 Å². The number of hydrogen-bond acceptors (Lipinski definition) is 8. The van der Waals surface area contributed by atoms with Crippen molar-refractivity contribution in [2.45, 2.75) is 92.5 Å². The van der Waals surface area contributed by atoms with Gasteiger partial charge in [0.05, 0.1) is 39.1 Å². The van der Waals surface area contributed by atoms with Crippen molar-refractivity contribution in [3.05, 3.63) is 123 Å².